The lowest BCUT2D eigenvalue weighted by Crippen LogP contribution is -2.44. The third kappa shape index (κ3) is 3.50. The normalized spacial score (nSPS) is 30.1. The summed E-state index contributed by atoms with van der Waals surface area (Å²) < 4.78 is 11.1. The van der Waals surface area contributed by atoms with Crippen LogP contribution in [0.25, 0.3) is 0 Å². The number of aromatic nitrogens is 2. The zero-order chi connectivity index (χ0) is 15.7. The Labute approximate surface area is 131 Å². The van der Waals surface area contributed by atoms with E-state index in [0.29, 0.717) is 42.9 Å². The molecule has 2 saturated heterocycles. The summed E-state index contributed by atoms with van der Waals surface area (Å²) in [6.07, 6.45) is 3.78. The molecule has 3 rings (SSSR count). The minimum Gasteiger partial charge on any atom is -0.393 e. The van der Waals surface area contributed by atoms with E-state index >= 15 is 0 Å². The molecular formula is C16H27N3O3. The standard InChI is InChI=1S/C16H27N3O3/c1-10(2)9-21-11(3)16-17-15(22-18-16)8-19-12-4-5-13(19)7-14(20)6-12/h10-14,20H,4-9H2,1-3H3/t11-,12-,13-/m0/s1. The number of fused-ring (bicyclic) bond motifs is 2. The van der Waals surface area contributed by atoms with Gasteiger partial charge in [-0.05, 0) is 38.5 Å². The molecule has 6 nitrogen and oxygen atoms in total. The van der Waals surface area contributed by atoms with Crippen LogP contribution >= 0.6 is 0 Å². The molecule has 6 heteroatoms. The van der Waals surface area contributed by atoms with Gasteiger partial charge in [-0.15, -0.1) is 0 Å². The first-order valence-corrected chi connectivity index (χ1v) is 8.40. The lowest BCUT2D eigenvalue weighted by molar-refractivity contribution is 0.0256. The highest BCUT2D eigenvalue weighted by Gasteiger charge is 2.40. The van der Waals surface area contributed by atoms with Crippen molar-refractivity contribution >= 4 is 0 Å². The van der Waals surface area contributed by atoms with Gasteiger partial charge in [0.05, 0.1) is 12.6 Å². The molecule has 0 amide bonds. The summed E-state index contributed by atoms with van der Waals surface area (Å²) in [6, 6.07) is 0.914. The molecule has 22 heavy (non-hydrogen) atoms. The average molecular weight is 309 g/mol. The van der Waals surface area contributed by atoms with E-state index in [1.54, 1.807) is 0 Å². The summed E-state index contributed by atoms with van der Waals surface area (Å²) in [5.41, 5.74) is 0. The fraction of sp³-hybridized carbons (Fsp3) is 0.875. The van der Waals surface area contributed by atoms with Crippen LogP contribution in [0.4, 0.5) is 0 Å². The third-order valence-corrected chi connectivity index (χ3v) is 4.70. The van der Waals surface area contributed by atoms with Crippen molar-refractivity contribution in [2.45, 2.75) is 77.3 Å². The highest BCUT2D eigenvalue weighted by molar-refractivity contribution is 4.98. The molecule has 0 saturated carbocycles. The number of ether oxygens (including phenoxy) is 1. The zero-order valence-corrected chi connectivity index (χ0v) is 13.7. The lowest BCUT2D eigenvalue weighted by Gasteiger charge is -2.36. The molecular weight excluding hydrogens is 282 g/mol. The Kier molecular flexibility index (Phi) is 4.80. The van der Waals surface area contributed by atoms with E-state index in [1.165, 1.54) is 0 Å². The van der Waals surface area contributed by atoms with E-state index in [4.69, 9.17) is 9.26 Å². The molecule has 0 spiro atoms. The Bertz CT molecular complexity index is 477. The monoisotopic (exact) mass is 309 g/mol. The van der Waals surface area contributed by atoms with Crippen LogP contribution in [0, 0.1) is 5.92 Å². The molecule has 2 bridgehead atoms. The highest BCUT2D eigenvalue weighted by atomic mass is 16.5. The molecule has 0 radical (unpaired) electrons. The molecule has 3 heterocycles. The van der Waals surface area contributed by atoms with Crippen molar-refractivity contribution in [1.82, 2.24) is 15.0 Å². The molecule has 0 unspecified atom stereocenters. The van der Waals surface area contributed by atoms with Gasteiger partial charge in [-0.1, -0.05) is 19.0 Å². The van der Waals surface area contributed by atoms with E-state index in [2.05, 4.69) is 28.9 Å². The van der Waals surface area contributed by atoms with Gasteiger partial charge in [-0.3, -0.25) is 4.90 Å². The van der Waals surface area contributed by atoms with Crippen molar-refractivity contribution in [1.29, 1.82) is 0 Å². The van der Waals surface area contributed by atoms with E-state index < -0.39 is 0 Å². The Morgan fingerprint density at radius 1 is 1.27 bits per heavy atom. The number of hydrogen-bond acceptors (Lipinski definition) is 6. The van der Waals surface area contributed by atoms with Gasteiger partial charge in [0.25, 0.3) is 0 Å². The summed E-state index contributed by atoms with van der Waals surface area (Å²) in [6.45, 7) is 7.58. The Morgan fingerprint density at radius 2 is 1.95 bits per heavy atom. The van der Waals surface area contributed by atoms with Gasteiger partial charge in [0.15, 0.2) is 5.82 Å². The van der Waals surface area contributed by atoms with Crippen molar-refractivity contribution in [3.63, 3.8) is 0 Å². The smallest absolute Gasteiger partial charge is 0.240 e. The van der Waals surface area contributed by atoms with Crippen LogP contribution in [0.3, 0.4) is 0 Å². The maximum atomic E-state index is 9.86. The number of nitrogens with zero attached hydrogens (tertiary/aromatic N) is 3. The minimum atomic E-state index is -0.142. The van der Waals surface area contributed by atoms with Crippen molar-refractivity contribution in [3.8, 4) is 0 Å². The highest BCUT2D eigenvalue weighted by Crippen LogP contribution is 2.36. The first-order valence-electron chi connectivity index (χ1n) is 8.40. The topological polar surface area (TPSA) is 71.6 Å². The van der Waals surface area contributed by atoms with Crippen molar-refractivity contribution in [3.05, 3.63) is 11.7 Å². The molecule has 0 aromatic carbocycles. The fourth-order valence-electron chi connectivity index (χ4n) is 3.57. The molecule has 0 aliphatic carbocycles. The van der Waals surface area contributed by atoms with E-state index in [0.717, 1.165) is 25.7 Å². The van der Waals surface area contributed by atoms with Crippen molar-refractivity contribution in [2.75, 3.05) is 6.61 Å². The third-order valence-electron chi connectivity index (χ3n) is 4.70. The van der Waals surface area contributed by atoms with Gasteiger partial charge in [0.2, 0.25) is 5.89 Å². The largest absolute Gasteiger partial charge is 0.393 e. The first-order chi connectivity index (χ1) is 10.5. The van der Waals surface area contributed by atoms with Crippen LogP contribution in [0.1, 0.15) is 64.3 Å². The Hall–Kier alpha value is -0.980. The maximum absolute atomic E-state index is 9.86. The van der Waals surface area contributed by atoms with E-state index in [1.807, 2.05) is 6.92 Å². The fourth-order valence-corrected chi connectivity index (χ4v) is 3.57. The number of aliphatic hydroxyl groups excluding tert-OH is 1. The first kappa shape index (κ1) is 15.9. The van der Waals surface area contributed by atoms with Gasteiger partial charge in [0.1, 0.15) is 6.10 Å². The van der Waals surface area contributed by atoms with Crippen LogP contribution in [-0.2, 0) is 11.3 Å². The second kappa shape index (κ2) is 6.64. The molecule has 2 aliphatic heterocycles. The van der Waals surface area contributed by atoms with Gasteiger partial charge < -0.3 is 14.4 Å². The average Bonchev–Trinajstić information content (AvgIpc) is 3.01. The van der Waals surface area contributed by atoms with Gasteiger partial charge >= 0.3 is 0 Å². The van der Waals surface area contributed by atoms with E-state index in [-0.39, 0.29) is 12.2 Å². The summed E-state index contributed by atoms with van der Waals surface area (Å²) in [5.74, 6) is 1.77. The molecule has 1 aromatic heterocycles. The SMILES string of the molecule is CC(C)CO[C@@H](C)c1noc(CN2[C@H]3CC[C@H]2CC(O)C3)n1. The molecule has 1 aromatic rings. The number of aliphatic hydroxyl groups is 1. The predicted octanol–water partition coefficient (Wildman–Crippen LogP) is 2.29. The van der Waals surface area contributed by atoms with Crippen molar-refractivity contribution < 1.29 is 14.4 Å². The summed E-state index contributed by atoms with van der Waals surface area (Å²) in [4.78, 5) is 6.91. The summed E-state index contributed by atoms with van der Waals surface area (Å²) in [5, 5.41) is 13.9. The Morgan fingerprint density at radius 3 is 2.59 bits per heavy atom. The van der Waals surface area contributed by atoms with Crippen LogP contribution in [-0.4, -0.2) is 44.9 Å². The van der Waals surface area contributed by atoms with Crippen LogP contribution in [0.2, 0.25) is 0 Å². The van der Waals surface area contributed by atoms with Gasteiger partial charge in [-0.25, -0.2) is 0 Å². The predicted molar refractivity (Wildman–Crippen MR) is 81.1 cm³/mol. The number of piperidine rings is 1. The zero-order valence-electron chi connectivity index (χ0n) is 13.7. The minimum absolute atomic E-state index is 0.139. The molecule has 3 atom stereocenters. The summed E-state index contributed by atoms with van der Waals surface area (Å²) >= 11 is 0. The van der Waals surface area contributed by atoms with Gasteiger partial charge in [-0.2, -0.15) is 4.98 Å². The number of hydrogen-bond donors (Lipinski definition) is 1. The molecule has 124 valence electrons. The second-order valence-electron chi connectivity index (χ2n) is 7.10. The van der Waals surface area contributed by atoms with Crippen LogP contribution in [0.5, 0.6) is 0 Å². The lowest BCUT2D eigenvalue weighted by atomic mass is 10.00. The molecule has 2 aliphatic rings. The summed E-state index contributed by atoms with van der Waals surface area (Å²) in [7, 11) is 0. The molecule has 2 fully saturated rings. The quantitative estimate of drug-likeness (QED) is 0.869. The second-order valence-corrected chi connectivity index (χ2v) is 7.10. The number of rotatable bonds is 6. The van der Waals surface area contributed by atoms with E-state index in [9.17, 15) is 5.11 Å². The maximum Gasteiger partial charge on any atom is 0.240 e. The molecule has 1 N–H and O–H groups in total. The van der Waals surface area contributed by atoms with Crippen molar-refractivity contribution in [2.24, 2.45) is 5.92 Å². The van der Waals surface area contributed by atoms with Crippen LogP contribution < -0.4 is 0 Å². The van der Waals surface area contributed by atoms with Gasteiger partial charge in [0, 0.05) is 18.7 Å². The van der Waals surface area contributed by atoms with Crippen LogP contribution in [0.15, 0.2) is 4.52 Å². The Balaban J connectivity index is 1.58.